The van der Waals surface area contributed by atoms with Gasteiger partial charge in [0.2, 0.25) is 0 Å². The fraction of sp³-hybridized carbons (Fsp3) is 1.00. The third-order valence-electron chi connectivity index (χ3n) is 0.136. The number of hydrogen-bond donors (Lipinski definition) is 0. The maximum Gasteiger partial charge on any atom is 0.0839 e. The predicted molar refractivity (Wildman–Crippen MR) is 21.7 cm³/mol. The lowest BCUT2D eigenvalue weighted by Gasteiger charge is -1.94. The molecule has 1 atom stereocenters. The van der Waals surface area contributed by atoms with Gasteiger partial charge in [-0.2, -0.15) is 0 Å². The molecule has 0 aliphatic heterocycles. The molecule has 0 saturated heterocycles. The van der Waals surface area contributed by atoms with Crippen LogP contribution in [-0.2, 0) is 15.5 Å². The number of rotatable bonds is 1. The van der Waals surface area contributed by atoms with Gasteiger partial charge in [-0.3, -0.25) is 0 Å². The Morgan fingerprint density at radius 3 is 2.00 bits per heavy atom. The number of hydrogen-bond acceptors (Lipinski definition) is 3. The van der Waals surface area contributed by atoms with Gasteiger partial charge in [-0.25, -0.2) is 4.21 Å². The van der Waals surface area contributed by atoms with E-state index in [1.165, 1.54) is 0 Å². The molecule has 0 aliphatic rings. The summed E-state index contributed by atoms with van der Waals surface area (Å²) in [6.45, 7) is 0. The summed E-state index contributed by atoms with van der Waals surface area (Å²) in [6.07, 6.45) is 0. The highest BCUT2D eigenvalue weighted by atomic mass is 32.2. The first-order valence-electron chi connectivity index (χ1n) is 0.908. The second-order valence-corrected chi connectivity index (χ2v) is 1.11. The maximum atomic E-state index is 9.15. The molecule has 1 unspecified atom stereocenters. The summed E-state index contributed by atoms with van der Waals surface area (Å²) in [5.74, 6) is 0. The van der Waals surface area contributed by atoms with Crippen molar-refractivity contribution in [1.29, 1.82) is 0 Å². The van der Waals surface area contributed by atoms with Crippen molar-refractivity contribution < 1.29 is 12.9 Å². The molecule has 0 aromatic heterocycles. The van der Waals surface area contributed by atoms with E-state index in [2.05, 4.69) is 4.18 Å². The highest BCUT2D eigenvalue weighted by molar-refractivity contribution is 7.74. The van der Waals surface area contributed by atoms with E-state index in [1.807, 2.05) is 0 Å². The van der Waals surface area contributed by atoms with Gasteiger partial charge in [-0.15, -0.1) is 0 Å². The fourth-order valence-electron chi connectivity index (χ4n) is 0. The summed E-state index contributed by atoms with van der Waals surface area (Å²) in [7, 11) is 1.09. The van der Waals surface area contributed by atoms with Crippen molar-refractivity contribution >= 4 is 19.8 Å². The summed E-state index contributed by atoms with van der Waals surface area (Å²) in [5, 5.41) is 0. The third kappa shape index (κ3) is 8.92. The van der Waals surface area contributed by atoms with E-state index in [1.54, 1.807) is 0 Å². The fourth-order valence-corrected chi connectivity index (χ4v) is 0. The topological polar surface area (TPSA) is 49.4 Å². The Kier molecular flexibility index (Phi) is 8.10. The Bertz CT molecular complexity index is 46.1. The summed E-state index contributed by atoms with van der Waals surface area (Å²) >= 11 is -2.32. The van der Waals surface area contributed by atoms with Crippen molar-refractivity contribution in [2.45, 2.75) is 0 Å². The SMILES string of the molecule is COS(=O)[O-].[B]. The summed E-state index contributed by atoms with van der Waals surface area (Å²) in [4.78, 5) is 0. The molecule has 0 bridgehead atoms. The first-order chi connectivity index (χ1) is 2.27. The Hall–Kier alpha value is 0.135. The molecular formula is CH3BO3S-. The highest BCUT2D eigenvalue weighted by Gasteiger charge is 1.59. The van der Waals surface area contributed by atoms with Crippen LogP contribution in [0, 0.1) is 0 Å². The molecule has 0 saturated carbocycles. The molecule has 0 spiro atoms. The Morgan fingerprint density at radius 2 is 2.00 bits per heavy atom. The van der Waals surface area contributed by atoms with Gasteiger partial charge in [-0.1, -0.05) is 0 Å². The smallest absolute Gasteiger partial charge is 0.0839 e. The van der Waals surface area contributed by atoms with Crippen LogP contribution in [0.4, 0.5) is 0 Å². The molecule has 5 heteroatoms. The van der Waals surface area contributed by atoms with E-state index in [0.717, 1.165) is 7.11 Å². The quantitative estimate of drug-likeness (QED) is 0.319. The Balaban J connectivity index is 0. The van der Waals surface area contributed by atoms with Crippen molar-refractivity contribution in [3.63, 3.8) is 0 Å². The van der Waals surface area contributed by atoms with Crippen LogP contribution in [-0.4, -0.2) is 24.3 Å². The third-order valence-corrected chi connectivity index (χ3v) is 0.408. The monoisotopic (exact) mass is 106 g/mol. The zero-order valence-electron chi connectivity index (χ0n) is 3.21. The van der Waals surface area contributed by atoms with Crippen molar-refractivity contribution in [2.75, 3.05) is 7.11 Å². The van der Waals surface area contributed by atoms with Crippen molar-refractivity contribution in [2.24, 2.45) is 0 Å². The summed E-state index contributed by atoms with van der Waals surface area (Å²) in [6, 6.07) is 0. The highest BCUT2D eigenvalue weighted by Crippen LogP contribution is 1.63. The maximum absolute atomic E-state index is 9.15. The average Bonchev–Trinajstić information content (AvgIpc) is 1.38. The van der Waals surface area contributed by atoms with Crippen LogP contribution in [0.2, 0.25) is 0 Å². The largest absolute Gasteiger partial charge is 0.750 e. The van der Waals surface area contributed by atoms with Crippen LogP contribution in [0.1, 0.15) is 0 Å². The predicted octanol–water partition coefficient (Wildman–Crippen LogP) is -0.954. The summed E-state index contributed by atoms with van der Waals surface area (Å²) in [5.41, 5.74) is 0. The van der Waals surface area contributed by atoms with E-state index in [4.69, 9.17) is 8.76 Å². The molecule has 0 rings (SSSR count). The van der Waals surface area contributed by atoms with E-state index in [9.17, 15) is 0 Å². The van der Waals surface area contributed by atoms with E-state index in [-0.39, 0.29) is 8.41 Å². The van der Waals surface area contributed by atoms with Gasteiger partial charge < -0.3 is 8.74 Å². The minimum atomic E-state index is -2.32. The molecule has 0 fully saturated rings. The zero-order valence-corrected chi connectivity index (χ0v) is 4.03. The van der Waals surface area contributed by atoms with Gasteiger partial charge in [0.15, 0.2) is 0 Å². The van der Waals surface area contributed by atoms with Crippen molar-refractivity contribution in [1.82, 2.24) is 0 Å². The van der Waals surface area contributed by atoms with Gasteiger partial charge in [0, 0.05) is 8.41 Å². The zero-order chi connectivity index (χ0) is 4.28. The molecule has 0 N–H and O–H groups in total. The Labute approximate surface area is 40.8 Å². The Morgan fingerprint density at radius 1 is 1.83 bits per heavy atom. The molecule has 0 amide bonds. The molecule has 6 heavy (non-hydrogen) atoms. The lowest BCUT2D eigenvalue weighted by atomic mass is 10.8. The van der Waals surface area contributed by atoms with Gasteiger partial charge in [-0.05, 0) is 0 Å². The lowest BCUT2D eigenvalue weighted by Crippen LogP contribution is -1.85. The van der Waals surface area contributed by atoms with Gasteiger partial charge in [0.25, 0.3) is 0 Å². The van der Waals surface area contributed by atoms with Crippen LogP contribution in [0.25, 0.3) is 0 Å². The standard InChI is InChI=1S/CH4O3S.B/c1-4-5(2)3;/h1H3,(H,2,3);/p-1. The lowest BCUT2D eigenvalue weighted by molar-refractivity contribution is 0.368. The van der Waals surface area contributed by atoms with Crippen molar-refractivity contribution in [3.05, 3.63) is 0 Å². The molecule has 0 aliphatic carbocycles. The minimum absolute atomic E-state index is 0. The first-order valence-corrected chi connectivity index (χ1v) is 1.91. The molecule has 0 aromatic carbocycles. The van der Waals surface area contributed by atoms with E-state index in [0.29, 0.717) is 0 Å². The van der Waals surface area contributed by atoms with Crippen LogP contribution >= 0.6 is 0 Å². The molecule has 3 nitrogen and oxygen atoms in total. The van der Waals surface area contributed by atoms with Crippen LogP contribution < -0.4 is 0 Å². The second-order valence-electron chi connectivity index (χ2n) is 0.371. The van der Waals surface area contributed by atoms with E-state index < -0.39 is 11.4 Å². The summed E-state index contributed by atoms with van der Waals surface area (Å²) < 4.78 is 22.0. The van der Waals surface area contributed by atoms with Crippen LogP contribution in [0.5, 0.6) is 0 Å². The molecule has 0 heterocycles. The van der Waals surface area contributed by atoms with Gasteiger partial charge in [0.05, 0.1) is 18.5 Å². The molecular weight excluding hydrogens is 103 g/mol. The molecule has 3 radical (unpaired) electrons. The minimum Gasteiger partial charge on any atom is -0.750 e. The average molecular weight is 106 g/mol. The molecule has 0 aromatic rings. The molecule has 35 valence electrons. The van der Waals surface area contributed by atoms with Gasteiger partial charge >= 0.3 is 0 Å². The van der Waals surface area contributed by atoms with Gasteiger partial charge in [0.1, 0.15) is 0 Å². The van der Waals surface area contributed by atoms with E-state index >= 15 is 0 Å². The van der Waals surface area contributed by atoms with Crippen LogP contribution in [0.3, 0.4) is 0 Å². The van der Waals surface area contributed by atoms with Crippen molar-refractivity contribution in [3.8, 4) is 0 Å². The second kappa shape index (κ2) is 5.13. The normalized spacial score (nSPS) is 12.3. The van der Waals surface area contributed by atoms with Crippen LogP contribution in [0.15, 0.2) is 0 Å². The first kappa shape index (κ1) is 9.46.